The summed E-state index contributed by atoms with van der Waals surface area (Å²) in [5.74, 6) is 1.44. The SMILES string of the molecule is CCOc1ccc(C(=O)Nc2cc(C)[nH]n2)cc1OCC. The number of aromatic nitrogens is 2. The number of anilines is 1. The van der Waals surface area contributed by atoms with Gasteiger partial charge in [-0.1, -0.05) is 0 Å². The Kier molecular flexibility index (Phi) is 4.81. The van der Waals surface area contributed by atoms with Crippen LogP contribution >= 0.6 is 0 Å². The minimum atomic E-state index is -0.245. The quantitative estimate of drug-likeness (QED) is 0.857. The van der Waals surface area contributed by atoms with Gasteiger partial charge in [0.1, 0.15) is 0 Å². The molecule has 0 aliphatic carbocycles. The van der Waals surface area contributed by atoms with Gasteiger partial charge in [-0.3, -0.25) is 9.89 Å². The second kappa shape index (κ2) is 6.78. The number of hydrogen-bond acceptors (Lipinski definition) is 4. The van der Waals surface area contributed by atoms with E-state index in [4.69, 9.17) is 9.47 Å². The van der Waals surface area contributed by atoms with Crippen molar-refractivity contribution in [1.82, 2.24) is 10.2 Å². The molecule has 112 valence electrons. The summed E-state index contributed by atoms with van der Waals surface area (Å²) in [6.07, 6.45) is 0. The highest BCUT2D eigenvalue weighted by atomic mass is 16.5. The van der Waals surface area contributed by atoms with Gasteiger partial charge in [-0.15, -0.1) is 0 Å². The highest BCUT2D eigenvalue weighted by Crippen LogP contribution is 2.28. The van der Waals surface area contributed by atoms with Crippen LogP contribution in [0, 0.1) is 6.92 Å². The molecule has 0 radical (unpaired) electrons. The monoisotopic (exact) mass is 289 g/mol. The molecule has 0 saturated heterocycles. The minimum Gasteiger partial charge on any atom is -0.490 e. The molecular formula is C15H19N3O3. The second-order valence-corrected chi connectivity index (χ2v) is 4.42. The Morgan fingerprint density at radius 1 is 1.19 bits per heavy atom. The lowest BCUT2D eigenvalue weighted by Crippen LogP contribution is -2.12. The molecule has 0 bridgehead atoms. The number of nitrogens with one attached hydrogen (secondary N) is 2. The van der Waals surface area contributed by atoms with Gasteiger partial charge in [0.25, 0.3) is 5.91 Å². The summed E-state index contributed by atoms with van der Waals surface area (Å²) in [5, 5.41) is 9.47. The maximum atomic E-state index is 12.2. The van der Waals surface area contributed by atoms with E-state index in [1.54, 1.807) is 24.3 Å². The average Bonchev–Trinajstić information content (AvgIpc) is 2.86. The van der Waals surface area contributed by atoms with Crippen molar-refractivity contribution in [1.29, 1.82) is 0 Å². The van der Waals surface area contributed by atoms with E-state index in [1.165, 1.54) is 0 Å². The van der Waals surface area contributed by atoms with Gasteiger partial charge in [0, 0.05) is 17.3 Å². The third-order valence-electron chi connectivity index (χ3n) is 2.75. The topological polar surface area (TPSA) is 76.2 Å². The van der Waals surface area contributed by atoms with E-state index in [9.17, 15) is 4.79 Å². The van der Waals surface area contributed by atoms with E-state index in [0.717, 1.165) is 5.69 Å². The molecule has 1 amide bonds. The Morgan fingerprint density at radius 2 is 1.90 bits per heavy atom. The predicted molar refractivity (Wildman–Crippen MR) is 80.1 cm³/mol. The van der Waals surface area contributed by atoms with E-state index in [0.29, 0.717) is 36.1 Å². The van der Waals surface area contributed by atoms with Gasteiger partial charge < -0.3 is 14.8 Å². The standard InChI is InChI=1S/C15H19N3O3/c1-4-20-12-7-6-11(9-13(12)21-5-2)15(19)16-14-8-10(3)17-18-14/h6-9H,4-5H2,1-3H3,(H2,16,17,18,19). The number of aromatic amines is 1. The van der Waals surface area contributed by atoms with Crippen molar-refractivity contribution in [2.75, 3.05) is 18.5 Å². The Balaban J connectivity index is 2.18. The number of carbonyl (C=O) groups is 1. The Hall–Kier alpha value is -2.50. The van der Waals surface area contributed by atoms with Crippen LogP contribution in [0.15, 0.2) is 24.3 Å². The average molecular weight is 289 g/mol. The van der Waals surface area contributed by atoms with Crippen molar-refractivity contribution in [2.45, 2.75) is 20.8 Å². The van der Waals surface area contributed by atoms with Crippen LogP contribution in [0.1, 0.15) is 29.9 Å². The molecule has 1 heterocycles. The molecule has 2 aromatic rings. The molecule has 0 saturated carbocycles. The highest BCUT2D eigenvalue weighted by Gasteiger charge is 2.12. The molecule has 0 spiro atoms. The number of amides is 1. The maximum absolute atomic E-state index is 12.2. The van der Waals surface area contributed by atoms with Gasteiger partial charge in [0.2, 0.25) is 0 Å². The lowest BCUT2D eigenvalue weighted by molar-refractivity contribution is 0.102. The molecule has 21 heavy (non-hydrogen) atoms. The first-order valence-corrected chi connectivity index (χ1v) is 6.87. The van der Waals surface area contributed by atoms with Crippen molar-refractivity contribution >= 4 is 11.7 Å². The molecule has 6 heteroatoms. The molecule has 0 aliphatic rings. The van der Waals surface area contributed by atoms with Gasteiger partial charge in [-0.25, -0.2) is 0 Å². The van der Waals surface area contributed by atoms with E-state index in [1.807, 2.05) is 20.8 Å². The van der Waals surface area contributed by atoms with Crippen molar-refractivity contribution in [3.8, 4) is 11.5 Å². The van der Waals surface area contributed by atoms with E-state index >= 15 is 0 Å². The zero-order chi connectivity index (χ0) is 15.2. The van der Waals surface area contributed by atoms with Gasteiger partial charge in [0.15, 0.2) is 17.3 Å². The van der Waals surface area contributed by atoms with Gasteiger partial charge in [-0.2, -0.15) is 5.10 Å². The smallest absolute Gasteiger partial charge is 0.257 e. The number of benzene rings is 1. The lowest BCUT2D eigenvalue weighted by atomic mass is 10.2. The fourth-order valence-electron chi connectivity index (χ4n) is 1.86. The minimum absolute atomic E-state index is 0.245. The molecule has 1 aromatic carbocycles. The number of ether oxygens (including phenoxy) is 2. The summed E-state index contributed by atoms with van der Waals surface area (Å²) in [6, 6.07) is 6.86. The van der Waals surface area contributed by atoms with E-state index in [2.05, 4.69) is 15.5 Å². The molecule has 6 nitrogen and oxygen atoms in total. The van der Waals surface area contributed by atoms with Crippen LogP contribution in [0.3, 0.4) is 0 Å². The van der Waals surface area contributed by atoms with Crippen LogP contribution in [0.2, 0.25) is 0 Å². The fraction of sp³-hybridized carbons (Fsp3) is 0.333. The first-order valence-electron chi connectivity index (χ1n) is 6.87. The largest absolute Gasteiger partial charge is 0.490 e. The summed E-state index contributed by atoms with van der Waals surface area (Å²) in [5.41, 5.74) is 1.37. The molecule has 2 N–H and O–H groups in total. The normalized spacial score (nSPS) is 10.2. The van der Waals surface area contributed by atoms with Crippen molar-refractivity contribution in [3.05, 3.63) is 35.5 Å². The Morgan fingerprint density at radius 3 is 2.52 bits per heavy atom. The molecule has 0 fully saturated rings. The fourth-order valence-corrected chi connectivity index (χ4v) is 1.86. The molecule has 0 atom stereocenters. The molecular weight excluding hydrogens is 270 g/mol. The third-order valence-corrected chi connectivity index (χ3v) is 2.75. The zero-order valence-electron chi connectivity index (χ0n) is 12.4. The maximum Gasteiger partial charge on any atom is 0.257 e. The summed E-state index contributed by atoms with van der Waals surface area (Å²) >= 11 is 0. The van der Waals surface area contributed by atoms with Crippen LogP contribution < -0.4 is 14.8 Å². The van der Waals surface area contributed by atoms with Crippen LogP contribution in [-0.2, 0) is 0 Å². The van der Waals surface area contributed by atoms with E-state index < -0.39 is 0 Å². The molecule has 2 rings (SSSR count). The zero-order valence-corrected chi connectivity index (χ0v) is 12.4. The predicted octanol–water partition coefficient (Wildman–Crippen LogP) is 2.77. The van der Waals surface area contributed by atoms with Gasteiger partial charge in [-0.05, 0) is 39.0 Å². The van der Waals surface area contributed by atoms with Crippen molar-refractivity contribution in [3.63, 3.8) is 0 Å². The van der Waals surface area contributed by atoms with E-state index in [-0.39, 0.29) is 5.91 Å². The number of carbonyl (C=O) groups excluding carboxylic acids is 1. The highest BCUT2D eigenvalue weighted by molar-refractivity contribution is 6.04. The molecule has 0 unspecified atom stereocenters. The summed E-state index contributed by atoms with van der Waals surface area (Å²) < 4.78 is 11.0. The number of nitrogens with zero attached hydrogens (tertiary/aromatic N) is 1. The van der Waals surface area contributed by atoms with Gasteiger partial charge in [0.05, 0.1) is 13.2 Å². The van der Waals surface area contributed by atoms with Gasteiger partial charge >= 0.3 is 0 Å². The number of rotatable bonds is 6. The second-order valence-electron chi connectivity index (χ2n) is 4.42. The van der Waals surface area contributed by atoms with Crippen LogP contribution in [0.5, 0.6) is 11.5 Å². The van der Waals surface area contributed by atoms with Crippen LogP contribution in [0.4, 0.5) is 5.82 Å². The first-order chi connectivity index (χ1) is 10.1. The number of H-pyrrole nitrogens is 1. The Labute approximate surface area is 123 Å². The van der Waals surface area contributed by atoms with Crippen LogP contribution in [-0.4, -0.2) is 29.3 Å². The first kappa shape index (κ1) is 14.9. The third kappa shape index (κ3) is 3.75. The molecule has 0 aliphatic heterocycles. The van der Waals surface area contributed by atoms with Crippen LogP contribution in [0.25, 0.3) is 0 Å². The molecule has 1 aromatic heterocycles. The number of aryl methyl sites for hydroxylation is 1. The van der Waals surface area contributed by atoms with Crippen molar-refractivity contribution < 1.29 is 14.3 Å². The lowest BCUT2D eigenvalue weighted by Gasteiger charge is -2.12. The summed E-state index contributed by atoms with van der Waals surface area (Å²) in [7, 11) is 0. The Bertz CT molecular complexity index is 622. The summed E-state index contributed by atoms with van der Waals surface area (Å²) in [6.45, 7) is 6.69. The summed E-state index contributed by atoms with van der Waals surface area (Å²) in [4.78, 5) is 12.2. The van der Waals surface area contributed by atoms with Crippen molar-refractivity contribution in [2.24, 2.45) is 0 Å². The number of hydrogen-bond donors (Lipinski definition) is 2.